The molecular weight excluding hydrogens is 267 g/mol. The van der Waals surface area contributed by atoms with E-state index in [-0.39, 0.29) is 24.8 Å². The summed E-state index contributed by atoms with van der Waals surface area (Å²) in [5.74, 6) is 0. The number of benzene rings is 1. The highest BCUT2D eigenvalue weighted by Crippen LogP contribution is 2.04. The van der Waals surface area contributed by atoms with E-state index in [9.17, 15) is 0 Å². The van der Waals surface area contributed by atoms with Gasteiger partial charge in [-0.3, -0.25) is 0 Å². The number of nitrogens with one attached hydrogen (secondary N) is 2. The highest BCUT2D eigenvalue weighted by molar-refractivity contribution is 5.85. The molecule has 0 heterocycles. The van der Waals surface area contributed by atoms with E-state index in [1.165, 1.54) is 17.5 Å². The lowest BCUT2D eigenvalue weighted by Gasteiger charge is -2.06. The van der Waals surface area contributed by atoms with Gasteiger partial charge in [0.25, 0.3) is 0 Å². The van der Waals surface area contributed by atoms with Gasteiger partial charge in [-0.05, 0) is 43.6 Å². The summed E-state index contributed by atoms with van der Waals surface area (Å²) in [6.45, 7) is 8.58. The van der Waals surface area contributed by atoms with E-state index >= 15 is 0 Å². The third-order valence-electron chi connectivity index (χ3n) is 2.72. The molecular formula is C14H26Cl2N2. The molecule has 1 rings (SSSR count). The molecule has 1 aromatic carbocycles. The van der Waals surface area contributed by atoms with Gasteiger partial charge in [0, 0.05) is 6.54 Å². The average Bonchev–Trinajstić information content (AvgIpc) is 2.34. The van der Waals surface area contributed by atoms with Gasteiger partial charge in [-0.25, -0.2) is 0 Å². The topological polar surface area (TPSA) is 24.1 Å². The van der Waals surface area contributed by atoms with Gasteiger partial charge in [0.15, 0.2) is 0 Å². The van der Waals surface area contributed by atoms with Crippen molar-refractivity contribution in [3.05, 3.63) is 35.4 Å². The van der Waals surface area contributed by atoms with Gasteiger partial charge in [0.2, 0.25) is 0 Å². The summed E-state index contributed by atoms with van der Waals surface area (Å²) in [4.78, 5) is 0. The van der Waals surface area contributed by atoms with Crippen molar-refractivity contribution in [3.8, 4) is 0 Å². The van der Waals surface area contributed by atoms with Crippen LogP contribution in [-0.4, -0.2) is 19.6 Å². The van der Waals surface area contributed by atoms with Gasteiger partial charge in [-0.15, -0.1) is 24.8 Å². The number of rotatable bonds is 8. The molecule has 0 aliphatic rings. The molecule has 0 fully saturated rings. The van der Waals surface area contributed by atoms with Crippen LogP contribution in [0.15, 0.2) is 24.3 Å². The first-order valence-electron chi connectivity index (χ1n) is 6.36. The van der Waals surface area contributed by atoms with Crippen molar-refractivity contribution in [2.45, 2.75) is 33.2 Å². The molecule has 0 unspecified atom stereocenters. The zero-order valence-corrected chi connectivity index (χ0v) is 13.0. The first kappa shape index (κ1) is 20.0. The first-order chi connectivity index (χ1) is 7.86. The van der Waals surface area contributed by atoms with E-state index in [4.69, 9.17) is 0 Å². The Morgan fingerprint density at radius 2 is 1.39 bits per heavy atom. The molecule has 0 aliphatic heterocycles. The Kier molecular flexibility index (Phi) is 14.7. The van der Waals surface area contributed by atoms with Crippen LogP contribution in [0.2, 0.25) is 0 Å². The second-order valence-corrected chi connectivity index (χ2v) is 4.05. The number of aryl methyl sites for hydroxylation is 1. The highest BCUT2D eigenvalue weighted by atomic mass is 35.5. The molecule has 0 aromatic heterocycles. The summed E-state index contributed by atoms with van der Waals surface area (Å²) in [5.41, 5.74) is 2.79. The van der Waals surface area contributed by atoms with Crippen LogP contribution >= 0.6 is 24.8 Å². The second kappa shape index (κ2) is 13.2. The minimum atomic E-state index is 0. The van der Waals surface area contributed by atoms with Crippen LogP contribution in [0, 0.1) is 0 Å². The van der Waals surface area contributed by atoms with Gasteiger partial charge in [0.1, 0.15) is 0 Å². The number of hydrogen-bond acceptors (Lipinski definition) is 2. The molecule has 0 saturated heterocycles. The van der Waals surface area contributed by atoms with Crippen molar-refractivity contribution < 1.29 is 0 Å². The van der Waals surface area contributed by atoms with E-state index in [2.05, 4.69) is 48.7 Å². The molecule has 0 radical (unpaired) electrons. The third kappa shape index (κ3) is 8.76. The third-order valence-corrected chi connectivity index (χ3v) is 2.72. The smallest absolute Gasteiger partial charge is 0.0205 e. The minimum Gasteiger partial charge on any atom is -0.317 e. The minimum absolute atomic E-state index is 0. The van der Waals surface area contributed by atoms with Crippen molar-refractivity contribution in [3.63, 3.8) is 0 Å². The largest absolute Gasteiger partial charge is 0.317 e. The summed E-state index contributed by atoms with van der Waals surface area (Å²) in [7, 11) is 0. The molecule has 0 amide bonds. The number of halogens is 2. The molecule has 4 heteroatoms. The summed E-state index contributed by atoms with van der Waals surface area (Å²) in [6, 6.07) is 8.87. The van der Waals surface area contributed by atoms with E-state index in [1.54, 1.807) is 0 Å². The Morgan fingerprint density at radius 3 is 1.94 bits per heavy atom. The standard InChI is InChI=1S/C14H24N2.2ClH/c1-3-13-6-8-14(9-7-13)12-16-11-5-10-15-4-2;;/h6-9,15-16H,3-5,10-12H2,1-2H3;2*1H. The molecule has 18 heavy (non-hydrogen) atoms. The molecule has 1 aromatic rings. The van der Waals surface area contributed by atoms with Crippen molar-refractivity contribution in [2.24, 2.45) is 0 Å². The van der Waals surface area contributed by atoms with Crippen LogP contribution in [-0.2, 0) is 13.0 Å². The van der Waals surface area contributed by atoms with Gasteiger partial charge in [-0.1, -0.05) is 38.1 Å². The van der Waals surface area contributed by atoms with Crippen LogP contribution in [0.3, 0.4) is 0 Å². The molecule has 0 spiro atoms. The predicted molar refractivity (Wildman–Crippen MR) is 85.2 cm³/mol. The molecule has 2 N–H and O–H groups in total. The Bertz CT molecular complexity index is 276. The molecule has 0 atom stereocenters. The van der Waals surface area contributed by atoms with E-state index in [1.807, 2.05) is 0 Å². The fourth-order valence-electron chi connectivity index (χ4n) is 1.64. The zero-order valence-electron chi connectivity index (χ0n) is 11.4. The Balaban J connectivity index is 0. The average molecular weight is 293 g/mol. The normalized spacial score (nSPS) is 9.44. The lowest BCUT2D eigenvalue weighted by atomic mass is 10.1. The SMILES string of the molecule is CCNCCCNCc1ccc(CC)cc1.Cl.Cl. The molecule has 0 saturated carbocycles. The maximum absolute atomic E-state index is 3.46. The van der Waals surface area contributed by atoms with Crippen molar-refractivity contribution in [1.82, 2.24) is 10.6 Å². The van der Waals surface area contributed by atoms with Gasteiger partial charge in [0.05, 0.1) is 0 Å². The van der Waals surface area contributed by atoms with Crippen molar-refractivity contribution in [2.75, 3.05) is 19.6 Å². The maximum atomic E-state index is 3.46. The van der Waals surface area contributed by atoms with Gasteiger partial charge >= 0.3 is 0 Å². The summed E-state index contributed by atoms with van der Waals surface area (Å²) in [6.07, 6.45) is 2.32. The highest BCUT2D eigenvalue weighted by Gasteiger charge is 1.93. The van der Waals surface area contributed by atoms with Crippen LogP contribution in [0.25, 0.3) is 0 Å². The molecule has 0 aliphatic carbocycles. The molecule has 2 nitrogen and oxygen atoms in total. The maximum Gasteiger partial charge on any atom is 0.0205 e. The van der Waals surface area contributed by atoms with Crippen LogP contribution in [0.4, 0.5) is 0 Å². The fourth-order valence-corrected chi connectivity index (χ4v) is 1.64. The Morgan fingerprint density at radius 1 is 0.833 bits per heavy atom. The molecule has 0 bridgehead atoms. The summed E-state index contributed by atoms with van der Waals surface area (Å²) in [5, 5.41) is 6.78. The lowest BCUT2D eigenvalue weighted by Crippen LogP contribution is -2.21. The zero-order chi connectivity index (χ0) is 11.6. The quantitative estimate of drug-likeness (QED) is 0.719. The van der Waals surface area contributed by atoms with E-state index in [0.717, 1.165) is 32.6 Å². The fraction of sp³-hybridized carbons (Fsp3) is 0.571. The predicted octanol–water partition coefficient (Wildman–Crippen LogP) is 3.18. The monoisotopic (exact) mass is 292 g/mol. The van der Waals surface area contributed by atoms with Crippen LogP contribution < -0.4 is 10.6 Å². The second-order valence-electron chi connectivity index (χ2n) is 4.05. The van der Waals surface area contributed by atoms with Crippen molar-refractivity contribution in [1.29, 1.82) is 0 Å². The van der Waals surface area contributed by atoms with Gasteiger partial charge < -0.3 is 10.6 Å². The van der Waals surface area contributed by atoms with Crippen LogP contribution in [0.5, 0.6) is 0 Å². The van der Waals surface area contributed by atoms with E-state index < -0.39 is 0 Å². The molecule has 106 valence electrons. The van der Waals surface area contributed by atoms with Gasteiger partial charge in [-0.2, -0.15) is 0 Å². The summed E-state index contributed by atoms with van der Waals surface area (Å²) < 4.78 is 0. The Labute approximate surface area is 124 Å². The first-order valence-corrected chi connectivity index (χ1v) is 6.36. The van der Waals surface area contributed by atoms with E-state index in [0.29, 0.717) is 0 Å². The number of hydrogen-bond donors (Lipinski definition) is 2. The van der Waals surface area contributed by atoms with Crippen molar-refractivity contribution >= 4 is 24.8 Å². The lowest BCUT2D eigenvalue weighted by molar-refractivity contribution is 0.606. The summed E-state index contributed by atoms with van der Waals surface area (Å²) >= 11 is 0. The Hall–Kier alpha value is -0.280. The van der Waals surface area contributed by atoms with Crippen LogP contribution in [0.1, 0.15) is 31.4 Å².